The Morgan fingerprint density at radius 1 is 0.944 bits per heavy atom. The van der Waals surface area contributed by atoms with Gasteiger partial charge < -0.3 is 37.5 Å². The molecule has 1 heterocycles. The van der Waals surface area contributed by atoms with E-state index >= 15 is 0 Å². The van der Waals surface area contributed by atoms with Crippen LogP contribution in [-0.4, -0.2) is 92.9 Å². The van der Waals surface area contributed by atoms with Crippen molar-refractivity contribution in [2.45, 2.75) is 56.3 Å². The monoisotopic (exact) mass is 545 g/mol. The number of primary amides is 1. The second-order valence-corrected chi connectivity index (χ2v) is 9.95. The minimum absolute atomic E-state index is 0.0695. The molecule has 4 atom stereocenters. The van der Waals surface area contributed by atoms with E-state index in [1.165, 1.54) is 24.3 Å². The molecule has 4 amide bonds. The van der Waals surface area contributed by atoms with Crippen molar-refractivity contribution in [2.75, 3.05) is 24.0 Å². The molecule has 0 saturated carbocycles. The summed E-state index contributed by atoms with van der Waals surface area (Å²) in [5.74, 6) is -2.74. The van der Waals surface area contributed by atoms with Gasteiger partial charge in [-0.25, -0.2) is 9.78 Å². The molecule has 0 fully saturated rings. The standard InChI is InChI=1S/C21H35N7O6S2/c1-35-7-5-13(22)18(30)28-16(9-12-10-24-11-25-12)20(32)26-14(6-8-36-2)19(31)27-15(21(33)34)3-4-17(23)29/h10-11,13-16H,3-9,22H2,1-2H3,(H2,23,29)(H,24,25)(H,26,32)(H,27,31)(H,28,30)(H,33,34). The normalized spacial score (nSPS) is 14.2. The van der Waals surface area contributed by atoms with E-state index < -0.39 is 53.8 Å². The van der Waals surface area contributed by atoms with Gasteiger partial charge in [0.2, 0.25) is 23.6 Å². The number of hydrogen-bond donors (Lipinski definition) is 7. The number of thioether (sulfide) groups is 2. The SMILES string of the molecule is CSCCC(N)C(=O)NC(Cc1cnc[nH]1)C(=O)NC(CCSC)C(=O)NC(CCC(N)=O)C(=O)O. The molecular weight excluding hydrogens is 510 g/mol. The van der Waals surface area contributed by atoms with E-state index in [-0.39, 0.29) is 25.7 Å². The van der Waals surface area contributed by atoms with Gasteiger partial charge in [-0.05, 0) is 43.3 Å². The Morgan fingerprint density at radius 3 is 2.08 bits per heavy atom. The van der Waals surface area contributed by atoms with Crippen LogP contribution in [0.5, 0.6) is 0 Å². The second-order valence-electron chi connectivity index (χ2n) is 7.98. The summed E-state index contributed by atoms with van der Waals surface area (Å²) in [6.45, 7) is 0. The van der Waals surface area contributed by atoms with Crippen LogP contribution in [0, 0.1) is 0 Å². The summed E-state index contributed by atoms with van der Waals surface area (Å²) in [6, 6.07) is -4.31. The Kier molecular flexibility index (Phi) is 14.6. The molecular formula is C21H35N7O6S2. The lowest BCUT2D eigenvalue weighted by Crippen LogP contribution is -2.57. The highest BCUT2D eigenvalue weighted by molar-refractivity contribution is 7.98. The van der Waals surface area contributed by atoms with Crippen LogP contribution in [0.15, 0.2) is 12.5 Å². The van der Waals surface area contributed by atoms with E-state index in [4.69, 9.17) is 11.5 Å². The third-order valence-corrected chi connectivity index (χ3v) is 6.41. The summed E-state index contributed by atoms with van der Waals surface area (Å²) in [6.07, 6.45) is 6.94. The van der Waals surface area contributed by atoms with Gasteiger partial charge in [0.1, 0.15) is 18.1 Å². The van der Waals surface area contributed by atoms with Gasteiger partial charge in [0.25, 0.3) is 0 Å². The fourth-order valence-electron chi connectivity index (χ4n) is 3.07. The van der Waals surface area contributed by atoms with E-state index in [1.807, 2.05) is 12.5 Å². The van der Waals surface area contributed by atoms with Gasteiger partial charge in [-0.3, -0.25) is 19.2 Å². The predicted octanol–water partition coefficient (Wildman–Crippen LogP) is -1.41. The molecule has 0 aliphatic rings. The lowest BCUT2D eigenvalue weighted by molar-refractivity contribution is -0.142. The topological polar surface area (TPSA) is 222 Å². The van der Waals surface area contributed by atoms with Gasteiger partial charge in [0.15, 0.2) is 0 Å². The molecule has 1 aromatic heterocycles. The van der Waals surface area contributed by atoms with Crippen LogP contribution in [0.25, 0.3) is 0 Å². The summed E-state index contributed by atoms with van der Waals surface area (Å²) in [7, 11) is 0. The number of carboxylic acid groups (broad SMARTS) is 1. The number of nitrogens with zero attached hydrogens (tertiary/aromatic N) is 1. The first-order valence-corrected chi connectivity index (χ1v) is 14.0. The molecule has 4 unspecified atom stereocenters. The van der Waals surface area contributed by atoms with Crippen LogP contribution in [-0.2, 0) is 30.4 Å². The summed E-state index contributed by atoms with van der Waals surface area (Å²) in [5.41, 5.74) is 11.6. The number of nitrogens with two attached hydrogens (primary N) is 2. The van der Waals surface area contributed by atoms with Crippen LogP contribution in [0.2, 0.25) is 0 Å². The molecule has 0 radical (unpaired) electrons. The third kappa shape index (κ3) is 11.8. The molecule has 0 aromatic carbocycles. The highest BCUT2D eigenvalue weighted by atomic mass is 32.2. The first kappa shape index (κ1) is 31.3. The molecule has 1 rings (SSSR count). The number of carbonyl (C=O) groups is 5. The zero-order valence-electron chi connectivity index (χ0n) is 20.3. The third-order valence-electron chi connectivity index (χ3n) is 5.12. The van der Waals surface area contributed by atoms with Crippen molar-refractivity contribution in [3.63, 3.8) is 0 Å². The lowest BCUT2D eigenvalue weighted by atomic mass is 10.1. The van der Waals surface area contributed by atoms with E-state index in [1.54, 1.807) is 11.8 Å². The Bertz CT molecular complexity index is 871. The van der Waals surface area contributed by atoms with Crippen molar-refractivity contribution in [3.05, 3.63) is 18.2 Å². The Labute approximate surface area is 218 Å². The number of hydrogen-bond acceptors (Lipinski definition) is 9. The quantitative estimate of drug-likeness (QED) is 0.114. The zero-order valence-corrected chi connectivity index (χ0v) is 22.0. The maximum absolute atomic E-state index is 13.2. The molecule has 36 heavy (non-hydrogen) atoms. The number of H-pyrrole nitrogens is 1. The van der Waals surface area contributed by atoms with E-state index in [2.05, 4.69) is 25.9 Å². The van der Waals surface area contributed by atoms with Crippen LogP contribution >= 0.6 is 23.5 Å². The van der Waals surface area contributed by atoms with Gasteiger partial charge in [0.05, 0.1) is 12.4 Å². The molecule has 202 valence electrons. The smallest absolute Gasteiger partial charge is 0.326 e. The Morgan fingerprint density at radius 2 is 1.53 bits per heavy atom. The van der Waals surface area contributed by atoms with Crippen molar-refractivity contribution in [1.82, 2.24) is 25.9 Å². The first-order chi connectivity index (χ1) is 17.1. The highest BCUT2D eigenvalue weighted by Gasteiger charge is 2.30. The number of aromatic amines is 1. The molecule has 0 aliphatic heterocycles. The van der Waals surface area contributed by atoms with Crippen LogP contribution in [0.1, 0.15) is 31.4 Å². The summed E-state index contributed by atoms with van der Waals surface area (Å²) in [5, 5.41) is 17.0. The summed E-state index contributed by atoms with van der Waals surface area (Å²) in [4.78, 5) is 68.0. The Hall–Kier alpha value is -2.78. The predicted molar refractivity (Wildman–Crippen MR) is 138 cm³/mol. The van der Waals surface area contributed by atoms with E-state index in [0.29, 0.717) is 23.6 Å². The fourth-order valence-corrected chi connectivity index (χ4v) is 4.03. The van der Waals surface area contributed by atoms with Crippen LogP contribution in [0.4, 0.5) is 0 Å². The molecule has 9 N–H and O–H groups in total. The van der Waals surface area contributed by atoms with Gasteiger partial charge in [-0.15, -0.1) is 0 Å². The van der Waals surface area contributed by atoms with Crippen molar-refractivity contribution < 1.29 is 29.1 Å². The van der Waals surface area contributed by atoms with Crippen molar-refractivity contribution in [3.8, 4) is 0 Å². The summed E-state index contributed by atoms with van der Waals surface area (Å²) >= 11 is 2.98. The molecule has 1 aromatic rings. The second kappa shape index (κ2) is 16.8. The van der Waals surface area contributed by atoms with Gasteiger partial charge >= 0.3 is 5.97 Å². The van der Waals surface area contributed by atoms with Crippen molar-refractivity contribution in [1.29, 1.82) is 0 Å². The van der Waals surface area contributed by atoms with Crippen molar-refractivity contribution >= 4 is 53.1 Å². The molecule has 0 aliphatic carbocycles. The number of carbonyl (C=O) groups excluding carboxylic acids is 4. The first-order valence-electron chi connectivity index (χ1n) is 11.2. The van der Waals surface area contributed by atoms with Crippen LogP contribution < -0.4 is 27.4 Å². The molecule has 0 bridgehead atoms. The minimum atomic E-state index is -1.35. The van der Waals surface area contributed by atoms with E-state index in [9.17, 15) is 29.1 Å². The number of aliphatic carboxylic acids is 1. The van der Waals surface area contributed by atoms with Gasteiger partial charge in [-0.1, -0.05) is 0 Å². The number of amides is 4. The minimum Gasteiger partial charge on any atom is -0.480 e. The number of nitrogens with one attached hydrogen (secondary N) is 4. The maximum Gasteiger partial charge on any atom is 0.326 e. The average molecular weight is 546 g/mol. The van der Waals surface area contributed by atoms with Crippen LogP contribution in [0.3, 0.4) is 0 Å². The molecule has 0 spiro atoms. The van der Waals surface area contributed by atoms with Gasteiger partial charge in [-0.2, -0.15) is 23.5 Å². The van der Waals surface area contributed by atoms with E-state index in [0.717, 1.165) is 0 Å². The lowest BCUT2D eigenvalue weighted by Gasteiger charge is -2.25. The molecule has 13 nitrogen and oxygen atoms in total. The maximum atomic E-state index is 13.2. The molecule has 0 saturated heterocycles. The van der Waals surface area contributed by atoms with Crippen molar-refractivity contribution in [2.24, 2.45) is 11.5 Å². The zero-order chi connectivity index (χ0) is 27.1. The largest absolute Gasteiger partial charge is 0.480 e. The Balaban J connectivity index is 3.00. The summed E-state index contributed by atoms with van der Waals surface area (Å²) < 4.78 is 0. The fraction of sp³-hybridized carbons (Fsp3) is 0.619. The number of imidazole rings is 1. The van der Waals surface area contributed by atoms with Gasteiger partial charge in [0, 0.05) is 24.7 Å². The average Bonchev–Trinajstić information content (AvgIpc) is 3.34. The highest BCUT2D eigenvalue weighted by Crippen LogP contribution is 2.07. The number of aromatic nitrogens is 2. The number of rotatable bonds is 18. The molecule has 15 heteroatoms. The number of carboxylic acids is 1.